The summed E-state index contributed by atoms with van der Waals surface area (Å²) in [5.74, 6) is -0.329. The summed E-state index contributed by atoms with van der Waals surface area (Å²) in [6.07, 6.45) is 4.60. The van der Waals surface area contributed by atoms with E-state index in [2.05, 4.69) is 20.7 Å². The number of alkyl carbamates (subject to hydrolysis) is 1. The van der Waals surface area contributed by atoms with Gasteiger partial charge in [-0.05, 0) is 25.0 Å². The Morgan fingerprint density at radius 1 is 1.14 bits per heavy atom. The number of anilines is 1. The average molecular weight is 589 g/mol. The fraction of sp³-hybridized carbons (Fsp3) is 0.429. The molecule has 0 spiro atoms. The van der Waals surface area contributed by atoms with E-state index in [1.54, 1.807) is 18.2 Å². The van der Waals surface area contributed by atoms with Crippen LogP contribution in [0.5, 0.6) is 11.5 Å². The fourth-order valence-corrected chi connectivity index (χ4v) is 5.46. The molecule has 2 aromatic heterocycles. The van der Waals surface area contributed by atoms with Crippen LogP contribution >= 0.6 is 0 Å². The van der Waals surface area contributed by atoms with E-state index in [9.17, 15) is 18.4 Å². The highest BCUT2D eigenvalue weighted by molar-refractivity contribution is 6.04. The molecule has 1 aliphatic carbocycles. The van der Waals surface area contributed by atoms with Crippen LogP contribution < -0.4 is 20.1 Å². The molecule has 1 fully saturated rings. The van der Waals surface area contributed by atoms with Crippen molar-refractivity contribution in [2.24, 2.45) is 0 Å². The second-order valence-electron chi connectivity index (χ2n) is 10.1. The van der Waals surface area contributed by atoms with Crippen molar-refractivity contribution in [2.45, 2.75) is 57.4 Å². The van der Waals surface area contributed by atoms with Gasteiger partial charge in [0, 0.05) is 41.5 Å². The van der Waals surface area contributed by atoms with Gasteiger partial charge in [0.1, 0.15) is 11.5 Å². The smallest absolute Gasteiger partial charge is 0.407 e. The molecule has 0 unspecified atom stereocenters. The lowest BCUT2D eigenvalue weighted by Crippen LogP contribution is -2.48. The molecule has 2 N–H and O–H groups in total. The summed E-state index contributed by atoms with van der Waals surface area (Å²) < 4.78 is 58.8. The summed E-state index contributed by atoms with van der Waals surface area (Å²) in [6.45, 7) is -2.91. The van der Waals surface area contributed by atoms with Gasteiger partial charge in [-0.3, -0.25) is 4.79 Å². The zero-order valence-electron chi connectivity index (χ0n) is 23.3. The van der Waals surface area contributed by atoms with Gasteiger partial charge in [0.05, 0.1) is 51.4 Å². The summed E-state index contributed by atoms with van der Waals surface area (Å²) in [6, 6.07) is 4.42. The van der Waals surface area contributed by atoms with Gasteiger partial charge in [-0.25, -0.2) is 18.9 Å². The molecule has 2 amide bonds. The Labute approximate surface area is 239 Å². The van der Waals surface area contributed by atoms with Crippen LogP contribution in [0.3, 0.4) is 0 Å². The maximum absolute atomic E-state index is 16.1. The molecule has 2 aliphatic rings. The molecule has 0 radical (unpaired) electrons. The predicted octanol–water partition coefficient (Wildman–Crippen LogP) is 4.73. The lowest BCUT2D eigenvalue weighted by molar-refractivity contribution is 0.0566. The zero-order valence-corrected chi connectivity index (χ0v) is 23.3. The van der Waals surface area contributed by atoms with Crippen LogP contribution in [-0.2, 0) is 17.8 Å². The number of nitrogens with one attached hydrogen (secondary N) is 2. The molecule has 2 atom stereocenters. The number of hydrogen-bond acceptors (Lipinski definition) is 8. The van der Waals surface area contributed by atoms with Gasteiger partial charge in [-0.15, -0.1) is 0 Å². The monoisotopic (exact) mass is 588 g/mol. The molecule has 0 bridgehead atoms. The third-order valence-corrected chi connectivity index (χ3v) is 7.59. The predicted molar refractivity (Wildman–Crippen MR) is 145 cm³/mol. The van der Waals surface area contributed by atoms with Crippen molar-refractivity contribution in [3.63, 3.8) is 0 Å². The molecule has 1 aliphatic heterocycles. The van der Waals surface area contributed by atoms with Gasteiger partial charge in [0.25, 0.3) is 5.91 Å². The number of hydrogen-bond donors (Lipinski definition) is 2. The van der Waals surface area contributed by atoms with Gasteiger partial charge in [-0.2, -0.15) is 13.9 Å². The first-order valence-electron chi connectivity index (χ1n) is 13.4. The second kappa shape index (κ2) is 12.2. The Balaban J connectivity index is 1.53. The van der Waals surface area contributed by atoms with Gasteiger partial charge in [0.15, 0.2) is 11.6 Å². The topological polar surface area (TPSA) is 120 Å². The highest BCUT2D eigenvalue weighted by Crippen LogP contribution is 2.38. The number of aromatic nitrogens is 3. The van der Waals surface area contributed by atoms with E-state index < -0.39 is 24.4 Å². The number of halogens is 3. The van der Waals surface area contributed by atoms with Crippen molar-refractivity contribution in [1.82, 2.24) is 25.0 Å². The van der Waals surface area contributed by atoms with Crippen molar-refractivity contribution >= 4 is 17.8 Å². The van der Waals surface area contributed by atoms with E-state index in [1.165, 1.54) is 32.4 Å². The Kier molecular flexibility index (Phi) is 8.41. The quantitative estimate of drug-likeness (QED) is 0.368. The maximum atomic E-state index is 16.1. The normalized spacial score (nSPS) is 18.2. The molecule has 0 saturated heterocycles. The van der Waals surface area contributed by atoms with Crippen molar-refractivity contribution in [3.05, 3.63) is 53.1 Å². The minimum absolute atomic E-state index is 0.0211. The molecule has 224 valence electrons. The van der Waals surface area contributed by atoms with Crippen molar-refractivity contribution in [2.75, 3.05) is 26.6 Å². The number of ether oxygens (including phenoxy) is 3. The van der Waals surface area contributed by atoms with Crippen molar-refractivity contribution in [3.8, 4) is 22.8 Å². The fourth-order valence-electron chi connectivity index (χ4n) is 5.46. The Bertz CT molecular complexity index is 1480. The summed E-state index contributed by atoms with van der Waals surface area (Å²) in [5.41, 5.74) is 0.894. The van der Waals surface area contributed by atoms with Crippen LogP contribution in [-0.4, -0.2) is 65.1 Å². The maximum Gasteiger partial charge on any atom is 0.407 e. The number of nitrogens with zero attached hydrogens (tertiary/aromatic N) is 4. The van der Waals surface area contributed by atoms with Crippen molar-refractivity contribution < 1.29 is 37.0 Å². The number of pyridine rings is 1. The number of methoxy groups -OCH3 is 3. The van der Waals surface area contributed by atoms with Crippen LogP contribution in [0.25, 0.3) is 11.3 Å². The minimum atomic E-state index is -2.91. The van der Waals surface area contributed by atoms with E-state index in [4.69, 9.17) is 14.2 Å². The van der Waals surface area contributed by atoms with Gasteiger partial charge < -0.3 is 29.7 Å². The second-order valence-corrected chi connectivity index (χ2v) is 10.1. The van der Waals surface area contributed by atoms with Crippen LogP contribution in [0, 0.1) is 5.82 Å². The summed E-state index contributed by atoms with van der Waals surface area (Å²) >= 11 is 0. The SMILES string of the molecule is COC(=O)N[C@H]1CCCC[C@H]1Nc1nc(-c2cnn(C(F)F)c2)c2c(c1F)CN(Cc1ccc(OC)cc1OC)C2=O. The standard InChI is InChI=1S/C28H31F3N6O5/c1-40-17-9-8-15(21(10-17)41-2)12-36-14-18-22(26(36)38)24(16-11-32-37(13-16)27(30)31)35-25(23(18)29)33-19-6-4-5-7-20(19)34-28(39)42-3/h8-11,13,19-20,27H,4-7,12,14H2,1-3H3,(H,33,35)(H,34,39)/t19-,20+/m1/s1. The molecule has 11 nitrogen and oxygen atoms in total. The number of amides is 2. The average Bonchev–Trinajstić information content (AvgIpc) is 3.61. The zero-order chi connectivity index (χ0) is 30.0. The molecule has 5 rings (SSSR count). The molecule has 1 saturated carbocycles. The van der Waals surface area contributed by atoms with Crippen molar-refractivity contribution in [1.29, 1.82) is 0 Å². The third-order valence-electron chi connectivity index (χ3n) is 7.59. The van der Waals surface area contributed by atoms with Crippen LogP contribution in [0.4, 0.5) is 23.8 Å². The number of rotatable bonds is 9. The summed E-state index contributed by atoms with van der Waals surface area (Å²) in [7, 11) is 4.28. The molecular weight excluding hydrogens is 557 g/mol. The van der Waals surface area contributed by atoms with E-state index >= 15 is 4.39 Å². The number of carbonyl (C=O) groups excluding carboxylic acids is 2. The first-order chi connectivity index (χ1) is 20.2. The Morgan fingerprint density at radius 2 is 1.90 bits per heavy atom. The molecule has 1 aromatic carbocycles. The first-order valence-corrected chi connectivity index (χ1v) is 13.4. The lowest BCUT2D eigenvalue weighted by Gasteiger charge is -2.33. The number of fused-ring (bicyclic) bond motifs is 1. The Morgan fingerprint density at radius 3 is 2.57 bits per heavy atom. The molecule has 3 aromatic rings. The van der Waals surface area contributed by atoms with E-state index in [-0.39, 0.29) is 53.4 Å². The molecular formula is C28H31F3N6O5. The van der Waals surface area contributed by atoms with Crippen LogP contribution in [0.2, 0.25) is 0 Å². The largest absolute Gasteiger partial charge is 0.497 e. The minimum Gasteiger partial charge on any atom is -0.497 e. The highest BCUT2D eigenvalue weighted by Gasteiger charge is 2.37. The summed E-state index contributed by atoms with van der Waals surface area (Å²) in [4.78, 5) is 31.5. The van der Waals surface area contributed by atoms with E-state index in [0.717, 1.165) is 19.0 Å². The highest BCUT2D eigenvalue weighted by atomic mass is 19.3. The summed E-state index contributed by atoms with van der Waals surface area (Å²) in [5, 5.41) is 9.58. The van der Waals surface area contributed by atoms with Gasteiger partial charge >= 0.3 is 12.6 Å². The lowest BCUT2D eigenvalue weighted by atomic mass is 9.90. The molecule has 42 heavy (non-hydrogen) atoms. The van der Waals surface area contributed by atoms with Gasteiger partial charge in [0.2, 0.25) is 0 Å². The Hall–Kier alpha value is -4.49. The van der Waals surface area contributed by atoms with Crippen LogP contribution in [0.1, 0.15) is 53.7 Å². The first kappa shape index (κ1) is 29.0. The van der Waals surface area contributed by atoms with E-state index in [0.29, 0.717) is 34.6 Å². The number of alkyl halides is 2. The van der Waals surface area contributed by atoms with E-state index in [1.807, 2.05) is 0 Å². The van der Waals surface area contributed by atoms with Crippen LogP contribution in [0.15, 0.2) is 30.6 Å². The number of benzene rings is 1. The number of carbonyl (C=O) groups is 2. The molecule has 3 heterocycles. The molecule has 14 heteroatoms. The van der Waals surface area contributed by atoms with Gasteiger partial charge in [-0.1, -0.05) is 12.8 Å². The third kappa shape index (κ3) is 5.65.